The summed E-state index contributed by atoms with van der Waals surface area (Å²) >= 11 is 0. The molecule has 1 aromatic carbocycles. The second-order valence-corrected chi connectivity index (χ2v) is 2.91. The van der Waals surface area contributed by atoms with E-state index in [1.165, 1.54) is 6.92 Å². The molecule has 0 aliphatic carbocycles. The maximum absolute atomic E-state index is 11.0. The van der Waals surface area contributed by atoms with E-state index in [1.807, 2.05) is 6.07 Å². The van der Waals surface area contributed by atoms with Crippen LogP contribution in [-0.2, 0) is 16.1 Å². The number of ketones is 1. The Labute approximate surface area is 82.1 Å². The number of amides is 1. The van der Waals surface area contributed by atoms with Crippen LogP contribution in [0.5, 0.6) is 0 Å². The number of anilines is 1. The van der Waals surface area contributed by atoms with Crippen molar-refractivity contribution in [1.82, 2.24) is 0 Å². The highest BCUT2D eigenvalue weighted by molar-refractivity contribution is 6.39. The van der Waals surface area contributed by atoms with Gasteiger partial charge in [0.05, 0.1) is 0 Å². The highest BCUT2D eigenvalue weighted by atomic mass is 16.2. The fourth-order valence-corrected chi connectivity index (χ4v) is 0.995. The van der Waals surface area contributed by atoms with Gasteiger partial charge in [0.25, 0.3) is 5.91 Å². The summed E-state index contributed by atoms with van der Waals surface area (Å²) in [7, 11) is 0. The van der Waals surface area contributed by atoms with E-state index in [0.717, 1.165) is 5.56 Å². The second-order valence-electron chi connectivity index (χ2n) is 2.91. The summed E-state index contributed by atoms with van der Waals surface area (Å²) in [4.78, 5) is 21.7. The second kappa shape index (κ2) is 4.53. The first-order valence-electron chi connectivity index (χ1n) is 4.24. The van der Waals surface area contributed by atoms with Gasteiger partial charge in [-0.1, -0.05) is 12.1 Å². The number of Topliss-reactive ketones (excluding diaryl/α,β-unsaturated/α-hetero) is 1. The molecule has 1 aromatic rings. The average molecular weight is 192 g/mol. The quantitative estimate of drug-likeness (QED) is 0.691. The molecule has 4 heteroatoms. The van der Waals surface area contributed by atoms with Crippen LogP contribution in [0.1, 0.15) is 12.5 Å². The molecule has 74 valence electrons. The minimum Gasteiger partial charge on any atom is -0.326 e. The lowest BCUT2D eigenvalue weighted by Gasteiger charge is -2.03. The van der Waals surface area contributed by atoms with Gasteiger partial charge in [-0.3, -0.25) is 9.59 Å². The van der Waals surface area contributed by atoms with Crippen molar-refractivity contribution in [2.45, 2.75) is 13.5 Å². The standard InChI is InChI=1S/C10H12N2O2/c1-7(13)10(14)12-9-4-2-3-8(5-9)6-11/h2-5H,6,11H2,1H3,(H,12,14). The Morgan fingerprint density at radius 2 is 2.14 bits per heavy atom. The molecule has 0 bridgehead atoms. The first kappa shape index (κ1) is 10.4. The predicted molar refractivity (Wildman–Crippen MR) is 53.6 cm³/mol. The molecule has 3 N–H and O–H groups in total. The molecular formula is C10H12N2O2. The lowest BCUT2D eigenvalue weighted by atomic mass is 10.2. The monoisotopic (exact) mass is 192 g/mol. The molecule has 0 atom stereocenters. The van der Waals surface area contributed by atoms with Crippen LogP contribution < -0.4 is 11.1 Å². The van der Waals surface area contributed by atoms with E-state index in [4.69, 9.17) is 5.73 Å². The number of rotatable bonds is 3. The summed E-state index contributed by atoms with van der Waals surface area (Å²) in [6, 6.07) is 7.07. The highest BCUT2D eigenvalue weighted by Crippen LogP contribution is 2.09. The number of hydrogen-bond acceptors (Lipinski definition) is 3. The molecule has 14 heavy (non-hydrogen) atoms. The smallest absolute Gasteiger partial charge is 0.291 e. The van der Waals surface area contributed by atoms with Crippen molar-refractivity contribution in [2.24, 2.45) is 5.73 Å². The van der Waals surface area contributed by atoms with Gasteiger partial charge in [0.1, 0.15) is 0 Å². The summed E-state index contributed by atoms with van der Waals surface area (Å²) in [5, 5.41) is 2.47. The van der Waals surface area contributed by atoms with Gasteiger partial charge in [-0.05, 0) is 17.7 Å². The zero-order valence-electron chi connectivity index (χ0n) is 7.91. The van der Waals surface area contributed by atoms with Crippen LogP contribution >= 0.6 is 0 Å². The normalized spacial score (nSPS) is 9.57. The lowest BCUT2D eigenvalue weighted by Crippen LogP contribution is -2.19. The van der Waals surface area contributed by atoms with Gasteiger partial charge in [0, 0.05) is 19.2 Å². The van der Waals surface area contributed by atoms with E-state index < -0.39 is 11.7 Å². The molecule has 0 spiro atoms. The number of benzene rings is 1. The Balaban J connectivity index is 2.76. The Morgan fingerprint density at radius 1 is 1.43 bits per heavy atom. The number of hydrogen-bond donors (Lipinski definition) is 2. The Hall–Kier alpha value is -1.68. The third kappa shape index (κ3) is 2.67. The largest absolute Gasteiger partial charge is 0.326 e. The molecule has 1 rings (SSSR count). The molecule has 0 unspecified atom stereocenters. The van der Waals surface area contributed by atoms with E-state index in [1.54, 1.807) is 18.2 Å². The fraction of sp³-hybridized carbons (Fsp3) is 0.200. The van der Waals surface area contributed by atoms with Crippen LogP contribution in [0.25, 0.3) is 0 Å². The summed E-state index contributed by atoms with van der Waals surface area (Å²) in [5.41, 5.74) is 6.93. The summed E-state index contributed by atoms with van der Waals surface area (Å²) in [6.07, 6.45) is 0. The minimum atomic E-state index is -0.612. The molecule has 0 fully saturated rings. The lowest BCUT2D eigenvalue weighted by molar-refractivity contribution is -0.133. The van der Waals surface area contributed by atoms with E-state index in [2.05, 4.69) is 5.32 Å². The van der Waals surface area contributed by atoms with E-state index in [9.17, 15) is 9.59 Å². The maximum atomic E-state index is 11.0. The van der Waals surface area contributed by atoms with Crippen LogP contribution in [-0.4, -0.2) is 11.7 Å². The van der Waals surface area contributed by atoms with Crippen molar-refractivity contribution in [2.75, 3.05) is 5.32 Å². The zero-order chi connectivity index (χ0) is 10.6. The van der Waals surface area contributed by atoms with Gasteiger partial charge >= 0.3 is 0 Å². The number of carbonyl (C=O) groups excluding carboxylic acids is 2. The molecule has 0 aliphatic heterocycles. The van der Waals surface area contributed by atoms with Gasteiger partial charge in [0.15, 0.2) is 0 Å². The van der Waals surface area contributed by atoms with Crippen molar-refractivity contribution in [3.8, 4) is 0 Å². The first-order valence-corrected chi connectivity index (χ1v) is 4.24. The molecule has 0 heterocycles. The van der Waals surface area contributed by atoms with Gasteiger partial charge in [0.2, 0.25) is 5.78 Å². The van der Waals surface area contributed by atoms with Crippen LogP contribution in [0, 0.1) is 0 Å². The Bertz CT molecular complexity index is 361. The molecule has 4 nitrogen and oxygen atoms in total. The third-order valence-electron chi connectivity index (χ3n) is 1.74. The average Bonchev–Trinajstić information content (AvgIpc) is 2.18. The van der Waals surface area contributed by atoms with Crippen molar-refractivity contribution in [3.63, 3.8) is 0 Å². The number of carbonyl (C=O) groups is 2. The maximum Gasteiger partial charge on any atom is 0.291 e. The molecule has 0 aliphatic rings. The van der Waals surface area contributed by atoms with E-state index in [-0.39, 0.29) is 0 Å². The van der Waals surface area contributed by atoms with Gasteiger partial charge in [-0.15, -0.1) is 0 Å². The van der Waals surface area contributed by atoms with Crippen molar-refractivity contribution in [1.29, 1.82) is 0 Å². The minimum absolute atomic E-state index is 0.407. The Kier molecular flexibility index (Phi) is 3.36. The molecule has 1 amide bonds. The number of nitrogens with one attached hydrogen (secondary N) is 1. The topological polar surface area (TPSA) is 72.2 Å². The SMILES string of the molecule is CC(=O)C(=O)Nc1cccc(CN)c1. The molecule has 0 saturated heterocycles. The van der Waals surface area contributed by atoms with Crippen LogP contribution in [0.15, 0.2) is 24.3 Å². The predicted octanol–water partition coefficient (Wildman–Crippen LogP) is 0.673. The third-order valence-corrected chi connectivity index (χ3v) is 1.74. The van der Waals surface area contributed by atoms with Crippen molar-refractivity contribution >= 4 is 17.4 Å². The van der Waals surface area contributed by atoms with Crippen molar-refractivity contribution < 1.29 is 9.59 Å². The highest BCUT2D eigenvalue weighted by Gasteiger charge is 2.06. The summed E-state index contributed by atoms with van der Waals surface area (Å²) in [5.74, 6) is -1.12. The van der Waals surface area contributed by atoms with E-state index >= 15 is 0 Å². The molecule has 0 aromatic heterocycles. The van der Waals surface area contributed by atoms with Crippen LogP contribution in [0.4, 0.5) is 5.69 Å². The van der Waals surface area contributed by atoms with E-state index in [0.29, 0.717) is 12.2 Å². The molecular weight excluding hydrogens is 180 g/mol. The molecule has 0 radical (unpaired) electrons. The van der Waals surface area contributed by atoms with Crippen LogP contribution in [0.3, 0.4) is 0 Å². The van der Waals surface area contributed by atoms with Crippen LogP contribution in [0.2, 0.25) is 0 Å². The zero-order valence-corrected chi connectivity index (χ0v) is 7.91. The molecule has 0 saturated carbocycles. The number of nitrogens with two attached hydrogens (primary N) is 1. The van der Waals surface area contributed by atoms with Crippen molar-refractivity contribution in [3.05, 3.63) is 29.8 Å². The fourth-order valence-electron chi connectivity index (χ4n) is 0.995. The summed E-state index contributed by atoms with van der Waals surface area (Å²) < 4.78 is 0. The van der Waals surface area contributed by atoms with Gasteiger partial charge < -0.3 is 11.1 Å². The van der Waals surface area contributed by atoms with Gasteiger partial charge in [-0.2, -0.15) is 0 Å². The first-order chi connectivity index (χ1) is 6.63. The van der Waals surface area contributed by atoms with Gasteiger partial charge in [-0.25, -0.2) is 0 Å². The Morgan fingerprint density at radius 3 is 2.71 bits per heavy atom. The summed E-state index contributed by atoms with van der Waals surface area (Å²) in [6.45, 7) is 1.63.